The second kappa shape index (κ2) is 5.24. The van der Waals surface area contributed by atoms with E-state index in [1.807, 2.05) is 33.9 Å². The van der Waals surface area contributed by atoms with Gasteiger partial charge in [-0.1, -0.05) is 20.8 Å². The van der Waals surface area contributed by atoms with Gasteiger partial charge in [0.25, 0.3) is 8.32 Å². The van der Waals surface area contributed by atoms with E-state index < -0.39 is 26.0 Å². The lowest BCUT2D eigenvalue weighted by Crippen LogP contribution is -2.42. The van der Waals surface area contributed by atoms with Crippen LogP contribution in [0.15, 0.2) is 24.3 Å². The van der Waals surface area contributed by atoms with Crippen LogP contribution < -0.4 is 0 Å². The molecule has 1 aromatic rings. The van der Waals surface area contributed by atoms with Crippen LogP contribution in [0.25, 0.3) is 0 Å². The third kappa shape index (κ3) is 3.85. The number of alkyl halides is 3. The van der Waals surface area contributed by atoms with Gasteiger partial charge in [-0.2, -0.15) is 13.2 Å². The summed E-state index contributed by atoms with van der Waals surface area (Å²) < 4.78 is 42.8. The molecule has 0 aromatic heterocycles. The van der Waals surface area contributed by atoms with Gasteiger partial charge in [-0.25, -0.2) is 4.79 Å². The Kier molecular flexibility index (Phi) is 4.39. The Morgan fingerprint density at radius 3 is 1.85 bits per heavy atom. The standard InChI is InChI=1S/C14H19F3O2Si/c1-13(2,3)20(4,5)19-12(18)10-6-8-11(9-7-10)14(15,16)17/h6-9H,1-5H3. The van der Waals surface area contributed by atoms with E-state index in [1.54, 1.807) is 0 Å². The molecule has 0 saturated heterocycles. The fourth-order valence-corrected chi connectivity index (χ4v) is 2.13. The zero-order valence-corrected chi connectivity index (χ0v) is 13.3. The van der Waals surface area contributed by atoms with E-state index in [2.05, 4.69) is 0 Å². The highest BCUT2D eigenvalue weighted by atomic mass is 28.4. The van der Waals surface area contributed by atoms with Crippen molar-refractivity contribution in [3.8, 4) is 0 Å². The largest absolute Gasteiger partial charge is 0.516 e. The number of rotatable bonds is 2. The lowest BCUT2D eigenvalue weighted by atomic mass is 10.1. The molecule has 0 unspecified atom stereocenters. The minimum absolute atomic E-state index is 0.142. The Morgan fingerprint density at radius 1 is 1.05 bits per heavy atom. The first-order valence-corrected chi connectivity index (χ1v) is 9.16. The molecule has 0 saturated carbocycles. The van der Waals surface area contributed by atoms with Crippen LogP contribution in [0.2, 0.25) is 18.1 Å². The van der Waals surface area contributed by atoms with E-state index in [4.69, 9.17) is 4.43 Å². The van der Waals surface area contributed by atoms with Crippen LogP contribution in [0.3, 0.4) is 0 Å². The second-order valence-corrected chi connectivity index (χ2v) is 10.9. The third-order valence-corrected chi connectivity index (χ3v) is 7.91. The average molecular weight is 304 g/mol. The predicted molar refractivity (Wildman–Crippen MR) is 74.1 cm³/mol. The number of carbonyl (C=O) groups is 1. The molecule has 0 bridgehead atoms. The Balaban J connectivity index is 2.90. The number of benzene rings is 1. The summed E-state index contributed by atoms with van der Waals surface area (Å²) in [5.74, 6) is -0.565. The van der Waals surface area contributed by atoms with Crippen molar-refractivity contribution >= 4 is 14.3 Å². The average Bonchev–Trinajstić information content (AvgIpc) is 2.26. The number of halogens is 3. The molecule has 0 N–H and O–H groups in total. The molecular formula is C14H19F3O2Si. The van der Waals surface area contributed by atoms with Gasteiger partial charge in [0.15, 0.2) is 0 Å². The van der Waals surface area contributed by atoms with Crippen LogP contribution in [-0.2, 0) is 10.6 Å². The Morgan fingerprint density at radius 2 is 1.50 bits per heavy atom. The van der Waals surface area contributed by atoms with E-state index in [-0.39, 0.29) is 10.6 Å². The minimum atomic E-state index is -4.40. The van der Waals surface area contributed by atoms with Crippen molar-refractivity contribution in [3.63, 3.8) is 0 Å². The summed E-state index contributed by atoms with van der Waals surface area (Å²) in [5.41, 5.74) is -0.635. The zero-order valence-electron chi connectivity index (χ0n) is 12.3. The molecule has 0 aliphatic heterocycles. The number of carbonyl (C=O) groups excluding carboxylic acids is 1. The third-order valence-electron chi connectivity index (χ3n) is 3.60. The molecule has 6 heteroatoms. The van der Waals surface area contributed by atoms with Crippen LogP contribution >= 0.6 is 0 Å². The maximum atomic E-state index is 12.4. The molecule has 2 nitrogen and oxygen atoms in total. The smallest absolute Gasteiger partial charge is 0.416 e. The summed E-state index contributed by atoms with van der Waals surface area (Å²) >= 11 is 0. The molecule has 1 rings (SSSR count). The normalized spacial score (nSPS) is 13.2. The number of hydrogen-bond donors (Lipinski definition) is 0. The van der Waals surface area contributed by atoms with Crippen LogP contribution in [-0.4, -0.2) is 14.3 Å². The van der Waals surface area contributed by atoms with Gasteiger partial charge in [0.05, 0.1) is 11.1 Å². The molecule has 0 heterocycles. The summed E-state index contributed by atoms with van der Waals surface area (Å²) in [6.45, 7) is 9.78. The molecule has 0 spiro atoms. The van der Waals surface area contributed by atoms with Crippen LogP contribution in [0.1, 0.15) is 36.7 Å². The van der Waals surface area contributed by atoms with Crippen LogP contribution in [0.5, 0.6) is 0 Å². The van der Waals surface area contributed by atoms with E-state index in [1.165, 1.54) is 0 Å². The highest BCUT2D eigenvalue weighted by Gasteiger charge is 2.40. The topological polar surface area (TPSA) is 26.3 Å². The van der Waals surface area contributed by atoms with Gasteiger partial charge >= 0.3 is 12.1 Å². The van der Waals surface area contributed by atoms with Crippen molar-refractivity contribution in [1.82, 2.24) is 0 Å². The van der Waals surface area contributed by atoms with E-state index >= 15 is 0 Å². The molecule has 0 aliphatic rings. The maximum absolute atomic E-state index is 12.4. The first-order chi connectivity index (χ1) is 8.84. The van der Waals surface area contributed by atoms with Crippen LogP contribution in [0.4, 0.5) is 13.2 Å². The van der Waals surface area contributed by atoms with Gasteiger partial charge < -0.3 is 4.43 Å². The number of hydrogen-bond acceptors (Lipinski definition) is 2. The lowest BCUT2D eigenvalue weighted by Gasteiger charge is -2.35. The van der Waals surface area contributed by atoms with Gasteiger partial charge in [0.2, 0.25) is 0 Å². The Labute approximate surface area is 118 Å². The molecule has 0 amide bonds. The van der Waals surface area contributed by atoms with Gasteiger partial charge in [0.1, 0.15) is 0 Å². The predicted octanol–water partition coefficient (Wildman–Crippen LogP) is 4.87. The molecule has 20 heavy (non-hydrogen) atoms. The Bertz CT molecular complexity index is 485. The molecule has 112 valence electrons. The summed E-state index contributed by atoms with van der Waals surface area (Å²) in [6, 6.07) is 4.08. The summed E-state index contributed by atoms with van der Waals surface area (Å²) in [5, 5.41) is -0.144. The molecular weight excluding hydrogens is 285 g/mol. The van der Waals surface area contributed by atoms with Crippen molar-refractivity contribution in [3.05, 3.63) is 35.4 Å². The fourth-order valence-electron chi connectivity index (χ4n) is 1.24. The van der Waals surface area contributed by atoms with Gasteiger partial charge in [0, 0.05) is 0 Å². The summed E-state index contributed by atoms with van der Waals surface area (Å²) in [6.07, 6.45) is -4.40. The van der Waals surface area contributed by atoms with Crippen LogP contribution in [0, 0.1) is 0 Å². The second-order valence-electron chi connectivity index (χ2n) is 6.22. The quantitative estimate of drug-likeness (QED) is 0.729. The zero-order chi connectivity index (χ0) is 15.8. The van der Waals surface area contributed by atoms with Crippen molar-refractivity contribution in [1.29, 1.82) is 0 Å². The van der Waals surface area contributed by atoms with Crippen molar-refractivity contribution < 1.29 is 22.4 Å². The highest BCUT2D eigenvalue weighted by molar-refractivity contribution is 6.75. The van der Waals surface area contributed by atoms with Crippen molar-refractivity contribution in [2.24, 2.45) is 0 Å². The first kappa shape index (κ1) is 16.8. The molecule has 0 aliphatic carbocycles. The van der Waals surface area contributed by atoms with E-state index in [0.717, 1.165) is 24.3 Å². The monoisotopic (exact) mass is 304 g/mol. The highest BCUT2D eigenvalue weighted by Crippen LogP contribution is 2.37. The summed E-state index contributed by atoms with van der Waals surface area (Å²) in [7, 11) is -2.27. The fraction of sp³-hybridized carbons (Fsp3) is 0.500. The molecule has 0 atom stereocenters. The Hall–Kier alpha value is -1.30. The summed E-state index contributed by atoms with van der Waals surface area (Å²) in [4.78, 5) is 12.0. The minimum Gasteiger partial charge on any atom is -0.516 e. The van der Waals surface area contributed by atoms with Gasteiger partial charge in [-0.3, -0.25) is 0 Å². The first-order valence-electron chi connectivity index (χ1n) is 6.25. The maximum Gasteiger partial charge on any atom is 0.416 e. The van der Waals surface area contributed by atoms with Crippen molar-refractivity contribution in [2.75, 3.05) is 0 Å². The molecule has 0 radical (unpaired) electrons. The van der Waals surface area contributed by atoms with Crippen molar-refractivity contribution in [2.45, 2.75) is 45.1 Å². The van der Waals surface area contributed by atoms with Gasteiger partial charge in [-0.15, -0.1) is 0 Å². The molecule has 1 aromatic carbocycles. The van der Waals surface area contributed by atoms with Gasteiger partial charge in [-0.05, 0) is 42.4 Å². The van der Waals surface area contributed by atoms with E-state index in [0.29, 0.717) is 0 Å². The lowest BCUT2D eigenvalue weighted by molar-refractivity contribution is -0.137. The molecule has 0 fully saturated rings. The SMILES string of the molecule is CC(C)(C)[Si](C)(C)OC(=O)c1ccc(C(F)(F)F)cc1. The van der Waals surface area contributed by atoms with E-state index in [9.17, 15) is 18.0 Å².